The van der Waals surface area contributed by atoms with Gasteiger partial charge in [0.2, 0.25) is 0 Å². The Labute approximate surface area is 71.9 Å². The molecule has 1 aliphatic rings. The van der Waals surface area contributed by atoms with E-state index in [0.717, 1.165) is 0 Å². The van der Waals surface area contributed by atoms with Gasteiger partial charge in [0, 0.05) is 6.42 Å². The first-order chi connectivity index (χ1) is 5.11. The number of hydrogen-bond donors (Lipinski definition) is 0. The maximum Gasteiger partial charge on any atom is 0.155 e. The maximum absolute atomic E-state index is 13.6. The molecule has 2 rings (SSSR count). The highest BCUT2D eigenvalue weighted by Crippen LogP contribution is 2.43. The standard InChI is InChI=1S/C7H7BrFNO/c1-7(9)3-2-4-5(7)6(8)10-11-4/h2-3H2,1H3. The summed E-state index contributed by atoms with van der Waals surface area (Å²) >= 11 is 3.15. The van der Waals surface area contributed by atoms with Crippen LogP contribution in [0.5, 0.6) is 0 Å². The second kappa shape index (κ2) is 2.06. The first-order valence-electron chi connectivity index (χ1n) is 3.45. The second-order valence-electron chi connectivity index (χ2n) is 2.97. The molecule has 0 N–H and O–H groups in total. The zero-order chi connectivity index (χ0) is 8.06. The van der Waals surface area contributed by atoms with E-state index in [-0.39, 0.29) is 0 Å². The van der Waals surface area contributed by atoms with E-state index >= 15 is 0 Å². The number of fused-ring (bicyclic) bond motifs is 1. The lowest BCUT2D eigenvalue weighted by molar-refractivity contribution is 0.192. The molecule has 11 heavy (non-hydrogen) atoms. The van der Waals surface area contributed by atoms with Gasteiger partial charge in [0.05, 0.1) is 5.56 Å². The predicted molar refractivity (Wildman–Crippen MR) is 41.0 cm³/mol. The third-order valence-electron chi connectivity index (χ3n) is 2.06. The van der Waals surface area contributed by atoms with Gasteiger partial charge in [-0.3, -0.25) is 0 Å². The fraction of sp³-hybridized carbons (Fsp3) is 0.571. The Balaban J connectivity index is 2.60. The van der Waals surface area contributed by atoms with Gasteiger partial charge in [-0.1, -0.05) is 5.16 Å². The highest BCUT2D eigenvalue weighted by Gasteiger charge is 2.40. The van der Waals surface area contributed by atoms with Crippen LogP contribution in [0.25, 0.3) is 0 Å². The molecule has 0 aliphatic heterocycles. The van der Waals surface area contributed by atoms with Gasteiger partial charge in [0.1, 0.15) is 11.4 Å². The van der Waals surface area contributed by atoms with Gasteiger partial charge >= 0.3 is 0 Å². The molecule has 0 saturated heterocycles. The number of rotatable bonds is 0. The molecule has 0 bridgehead atoms. The molecule has 2 nitrogen and oxygen atoms in total. The summed E-state index contributed by atoms with van der Waals surface area (Å²) in [6.07, 6.45) is 1.16. The minimum Gasteiger partial charge on any atom is -0.360 e. The predicted octanol–water partition coefficient (Wildman–Crippen LogP) is 2.57. The topological polar surface area (TPSA) is 26.0 Å². The van der Waals surface area contributed by atoms with Crippen LogP contribution in [0.4, 0.5) is 4.39 Å². The summed E-state index contributed by atoms with van der Waals surface area (Å²) in [5.41, 5.74) is -0.661. The van der Waals surface area contributed by atoms with Crippen molar-refractivity contribution >= 4 is 15.9 Å². The highest BCUT2D eigenvalue weighted by atomic mass is 79.9. The lowest BCUT2D eigenvalue weighted by Gasteiger charge is -2.10. The van der Waals surface area contributed by atoms with Crippen molar-refractivity contribution in [3.05, 3.63) is 15.9 Å². The fourth-order valence-electron chi connectivity index (χ4n) is 1.45. The molecule has 0 amide bonds. The quantitative estimate of drug-likeness (QED) is 0.671. The number of nitrogens with zero attached hydrogens (tertiary/aromatic N) is 1. The van der Waals surface area contributed by atoms with E-state index < -0.39 is 5.67 Å². The van der Waals surface area contributed by atoms with Crippen LogP contribution >= 0.6 is 15.9 Å². The van der Waals surface area contributed by atoms with Crippen LogP contribution in [0.15, 0.2) is 9.13 Å². The van der Waals surface area contributed by atoms with E-state index in [1.807, 2.05) is 0 Å². The van der Waals surface area contributed by atoms with Gasteiger partial charge in [-0.05, 0) is 29.3 Å². The molecule has 1 aliphatic carbocycles. The zero-order valence-electron chi connectivity index (χ0n) is 6.03. The normalized spacial score (nSPS) is 29.0. The van der Waals surface area contributed by atoms with E-state index in [2.05, 4.69) is 21.1 Å². The molecule has 4 heteroatoms. The summed E-state index contributed by atoms with van der Waals surface area (Å²) in [6, 6.07) is 0. The van der Waals surface area contributed by atoms with Crippen molar-refractivity contribution in [3.8, 4) is 0 Å². The summed E-state index contributed by atoms with van der Waals surface area (Å²) < 4.78 is 19.0. The summed E-state index contributed by atoms with van der Waals surface area (Å²) in [5, 5.41) is 3.64. The number of hydrogen-bond acceptors (Lipinski definition) is 2. The Morgan fingerprint density at radius 2 is 2.45 bits per heavy atom. The Bertz CT molecular complexity index is 295. The van der Waals surface area contributed by atoms with Gasteiger partial charge in [-0.15, -0.1) is 0 Å². The molecule has 0 saturated carbocycles. The van der Waals surface area contributed by atoms with Crippen molar-refractivity contribution in [2.75, 3.05) is 0 Å². The van der Waals surface area contributed by atoms with E-state index in [1.54, 1.807) is 6.92 Å². The van der Waals surface area contributed by atoms with Crippen molar-refractivity contribution in [2.45, 2.75) is 25.4 Å². The minimum atomic E-state index is -1.26. The number of aromatic nitrogens is 1. The molecule has 0 fully saturated rings. The van der Waals surface area contributed by atoms with E-state index in [1.165, 1.54) is 0 Å². The fourth-order valence-corrected chi connectivity index (χ4v) is 2.16. The number of aryl methyl sites for hydroxylation is 1. The molecule has 0 aromatic carbocycles. The molecule has 60 valence electrons. The van der Waals surface area contributed by atoms with E-state index in [0.29, 0.717) is 28.8 Å². The molecule has 1 atom stereocenters. The highest BCUT2D eigenvalue weighted by molar-refractivity contribution is 9.10. The SMILES string of the molecule is CC1(F)CCc2onc(Br)c21. The van der Waals surface area contributed by atoms with Crippen LogP contribution in [0.2, 0.25) is 0 Å². The second-order valence-corrected chi connectivity index (χ2v) is 3.72. The molecular formula is C7H7BrFNO. The van der Waals surface area contributed by atoms with Crippen molar-refractivity contribution in [1.82, 2.24) is 5.16 Å². The van der Waals surface area contributed by atoms with Crippen LogP contribution in [-0.2, 0) is 12.1 Å². The maximum atomic E-state index is 13.6. The lowest BCUT2D eigenvalue weighted by atomic mass is 10.0. The Kier molecular flexibility index (Phi) is 1.36. The third kappa shape index (κ3) is 0.922. The Hall–Kier alpha value is -0.380. The van der Waals surface area contributed by atoms with Gasteiger partial charge in [-0.25, -0.2) is 4.39 Å². The first kappa shape index (κ1) is 7.28. The van der Waals surface area contributed by atoms with Crippen molar-refractivity contribution < 1.29 is 8.91 Å². The lowest BCUT2D eigenvalue weighted by Crippen LogP contribution is -2.09. The van der Waals surface area contributed by atoms with Crippen LogP contribution in [-0.4, -0.2) is 5.16 Å². The molecule has 1 aromatic rings. The smallest absolute Gasteiger partial charge is 0.155 e. The van der Waals surface area contributed by atoms with Crippen LogP contribution in [0.3, 0.4) is 0 Å². The molecule has 1 heterocycles. The molecular weight excluding hydrogens is 213 g/mol. The van der Waals surface area contributed by atoms with E-state index in [9.17, 15) is 4.39 Å². The Morgan fingerprint density at radius 3 is 3.09 bits per heavy atom. The molecule has 0 spiro atoms. The average molecular weight is 220 g/mol. The van der Waals surface area contributed by atoms with Crippen LogP contribution in [0.1, 0.15) is 24.7 Å². The number of alkyl halides is 1. The zero-order valence-corrected chi connectivity index (χ0v) is 7.61. The van der Waals surface area contributed by atoms with Gasteiger partial charge in [-0.2, -0.15) is 0 Å². The number of halogens is 2. The first-order valence-corrected chi connectivity index (χ1v) is 4.24. The summed E-state index contributed by atoms with van der Waals surface area (Å²) in [6.45, 7) is 1.56. The van der Waals surface area contributed by atoms with Crippen molar-refractivity contribution in [2.24, 2.45) is 0 Å². The Morgan fingerprint density at radius 1 is 1.73 bits per heavy atom. The van der Waals surface area contributed by atoms with Gasteiger partial charge < -0.3 is 4.52 Å². The monoisotopic (exact) mass is 219 g/mol. The van der Waals surface area contributed by atoms with Crippen LogP contribution in [0, 0.1) is 0 Å². The van der Waals surface area contributed by atoms with Crippen LogP contribution < -0.4 is 0 Å². The van der Waals surface area contributed by atoms with Gasteiger partial charge in [0.15, 0.2) is 4.60 Å². The van der Waals surface area contributed by atoms with Crippen molar-refractivity contribution in [1.29, 1.82) is 0 Å². The molecule has 1 unspecified atom stereocenters. The van der Waals surface area contributed by atoms with Crippen molar-refractivity contribution in [3.63, 3.8) is 0 Å². The summed E-state index contributed by atoms with van der Waals surface area (Å²) in [5.74, 6) is 0.682. The third-order valence-corrected chi connectivity index (χ3v) is 2.61. The summed E-state index contributed by atoms with van der Waals surface area (Å²) in [4.78, 5) is 0. The average Bonchev–Trinajstić information content (AvgIpc) is 2.38. The summed E-state index contributed by atoms with van der Waals surface area (Å²) in [7, 11) is 0. The van der Waals surface area contributed by atoms with Gasteiger partial charge in [0.25, 0.3) is 0 Å². The molecule has 0 radical (unpaired) electrons. The van der Waals surface area contributed by atoms with E-state index in [4.69, 9.17) is 4.52 Å². The largest absolute Gasteiger partial charge is 0.360 e. The minimum absolute atomic E-state index is 0.502. The molecule has 1 aromatic heterocycles.